The maximum absolute atomic E-state index is 12.5. The molecule has 0 unspecified atom stereocenters. The Hall–Kier alpha value is -3.83. The van der Waals surface area contributed by atoms with Crippen molar-refractivity contribution in [2.75, 3.05) is 19.6 Å². The fourth-order valence-corrected chi connectivity index (χ4v) is 3.62. The van der Waals surface area contributed by atoms with E-state index < -0.39 is 23.9 Å². The summed E-state index contributed by atoms with van der Waals surface area (Å²) < 4.78 is 0. The third-order valence-electron chi connectivity index (χ3n) is 5.13. The van der Waals surface area contributed by atoms with E-state index in [4.69, 9.17) is 11.3 Å². The van der Waals surface area contributed by atoms with E-state index in [-0.39, 0.29) is 41.4 Å². The highest BCUT2D eigenvalue weighted by atomic mass is 16.3. The Labute approximate surface area is 176 Å². The Balaban J connectivity index is 1.51. The number of azide groups is 1. The molecular formula is C18H22N8O5. The van der Waals surface area contributed by atoms with Gasteiger partial charge >= 0.3 is 0 Å². The van der Waals surface area contributed by atoms with Crippen LogP contribution in [-0.2, 0) is 14.4 Å². The first-order valence-corrected chi connectivity index (χ1v) is 9.58. The van der Waals surface area contributed by atoms with Gasteiger partial charge in [0, 0.05) is 29.7 Å². The van der Waals surface area contributed by atoms with Crippen molar-refractivity contribution in [3.05, 3.63) is 34.2 Å². The van der Waals surface area contributed by atoms with Crippen molar-refractivity contribution in [1.29, 1.82) is 0 Å². The molecule has 2 heterocycles. The van der Waals surface area contributed by atoms with E-state index in [1.807, 2.05) is 0 Å². The number of benzene rings is 1. The lowest BCUT2D eigenvalue weighted by Crippen LogP contribution is -2.48. The van der Waals surface area contributed by atoms with E-state index in [1.165, 1.54) is 23.1 Å². The molecule has 2 saturated heterocycles. The molecule has 0 aliphatic carbocycles. The number of carbonyl (C=O) groups excluding carboxylic acids is 4. The maximum Gasteiger partial charge on any atom is 0.255 e. The molecule has 0 aromatic heterocycles. The zero-order valence-corrected chi connectivity index (χ0v) is 16.4. The molecule has 6 N–H and O–H groups in total. The quantitative estimate of drug-likeness (QED) is 0.208. The van der Waals surface area contributed by atoms with E-state index in [0.29, 0.717) is 25.9 Å². The van der Waals surface area contributed by atoms with Gasteiger partial charge in [-0.2, -0.15) is 0 Å². The van der Waals surface area contributed by atoms with Gasteiger partial charge in [-0.15, -0.1) is 0 Å². The predicted octanol–water partition coefficient (Wildman–Crippen LogP) is -1.00. The van der Waals surface area contributed by atoms with Crippen molar-refractivity contribution in [3.8, 4) is 5.75 Å². The first kappa shape index (κ1) is 21.9. The first-order valence-electron chi connectivity index (χ1n) is 9.58. The predicted molar refractivity (Wildman–Crippen MR) is 107 cm³/mol. The fourth-order valence-electron chi connectivity index (χ4n) is 3.62. The standard InChI is InChI=1S/C18H22N8O5/c19-15(28)8-26-4-3-12(18(26)31)23-17(30)13-5-10(7-21-13)22-16(29)11-2-1-9(24-25-20)6-14(11)27/h1-2,6,10,12-13,21,27H,3-5,7-8H2,(H2,19,28)(H,22,29)(H,23,30)/t10-,12+,13-/m0/s1. The summed E-state index contributed by atoms with van der Waals surface area (Å²) in [6.45, 7) is 0.483. The number of nitrogens with one attached hydrogen (secondary N) is 3. The van der Waals surface area contributed by atoms with Crippen LogP contribution in [0, 0.1) is 0 Å². The van der Waals surface area contributed by atoms with Gasteiger partial charge in [-0.25, -0.2) is 0 Å². The highest BCUT2D eigenvalue weighted by molar-refractivity contribution is 5.97. The molecule has 0 radical (unpaired) electrons. The van der Waals surface area contributed by atoms with Gasteiger partial charge in [0.05, 0.1) is 18.2 Å². The number of hydrogen-bond donors (Lipinski definition) is 5. The average Bonchev–Trinajstić information content (AvgIpc) is 3.30. The van der Waals surface area contributed by atoms with Gasteiger partial charge in [0.15, 0.2) is 0 Å². The largest absolute Gasteiger partial charge is 0.507 e. The van der Waals surface area contributed by atoms with Gasteiger partial charge in [0.1, 0.15) is 11.8 Å². The Bertz CT molecular complexity index is 960. The van der Waals surface area contributed by atoms with Gasteiger partial charge in [-0.05, 0) is 30.5 Å². The van der Waals surface area contributed by atoms with Crippen molar-refractivity contribution in [1.82, 2.24) is 20.9 Å². The summed E-state index contributed by atoms with van der Waals surface area (Å²) in [4.78, 5) is 52.1. The maximum atomic E-state index is 12.5. The van der Waals surface area contributed by atoms with Crippen LogP contribution in [0.5, 0.6) is 5.75 Å². The number of nitrogens with zero attached hydrogens (tertiary/aromatic N) is 4. The molecular weight excluding hydrogens is 408 g/mol. The number of rotatable bonds is 7. The Morgan fingerprint density at radius 1 is 1.35 bits per heavy atom. The van der Waals surface area contributed by atoms with Crippen LogP contribution < -0.4 is 21.7 Å². The third kappa shape index (κ3) is 5.21. The molecule has 164 valence electrons. The van der Waals surface area contributed by atoms with Crippen molar-refractivity contribution < 1.29 is 24.3 Å². The second-order valence-corrected chi connectivity index (χ2v) is 7.33. The summed E-state index contributed by atoms with van der Waals surface area (Å²) in [7, 11) is 0. The zero-order valence-electron chi connectivity index (χ0n) is 16.4. The molecule has 0 saturated carbocycles. The van der Waals surface area contributed by atoms with Crippen molar-refractivity contribution >= 4 is 29.3 Å². The minimum absolute atomic E-state index is 0.0101. The lowest BCUT2D eigenvalue weighted by Gasteiger charge is -2.17. The van der Waals surface area contributed by atoms with Crippen molar-refractivity contribution in [2.24, 2.45) is 10.8 Å². The lowest BCUT2D eigenvalue weighted by atomic mass is 10.1. The van der Waals surface area contributed by atoms with Crippen LogP contribution in [0.3, 0.4) is 0 Å². The summed E-state index contributed by atoms with van der Waals surface area (Å²) in [5, 5.41) is 21.7. The molecule has 3 rings (SSSR count). The van der Waals surface area contributed by atoms with Crippen LogP contribution in [0.4, 0.5) is 5.69 Å². The number of primary amides is 1. The molecule has 1 aromatic carbocycles. The molecule has 1 aromatic rings. The van der Waals surface area contributed by atoms with Crippen LogP contribution in [0.2, 0.25) is 0 Å². The van der Waals surface area contributed by atoms with E-state index in [0.717, 1.165) is 0 Å². The number of amides is 4. The molecule has 0 spiro atoms. The van der Waals surface area contributed by atoms with Gasteiger partial charge in [0.25, 0.3) is 5.91 Å². The minimum atomic E-state index is -0.714. The molecule has 3 atom stereocenters. The van der Waals surface area contributed by atoms with Crippen LogP contribution in [0.25, 0.3) is 10.4 Å². The topological polar surface area (TPSA) is 203 Å². The van der Waals surface area contributed by atoms with Crippen LogP contribution >= 0.6 is 0 Å². The number of nitrogens with two attached hydrogens (primary N) is 1. The molecule has 2 aliphatic rings. The average molecular weight is 430 g/mol. The molecule has 13 heteroatoms. The highest BCUT2D eigenvalue weighted by Gasteiger charge is 2.37. The summed E-state index contributed by atoms with van der Waals surface area (Å²) in [6, 6.07) is 2.23. The molecule has 31 heavy (non-hydrogen) atoms. The minimum Gasteiger partial charge on any atom is -0.507 e. The summed E-state index contributed by atoms with van der Waals surface area (Å²) in [5.41, 5.74) is 13.7. The SMILES string of the molecule is [N-]=[N+]=Nc1ccc(C(=O)N[C@@H]2CN[C@H](C(=O)N[C@@H]3CCN(CC(N)=O)C3=O)C2)c(O)c1. The van der Waals surface area contributed by atoms with Gasteiger partial charge in [-0.3, -0.25) is 19.2 Å². The van der Waals surface area contributed by atoms with E-state index >= 15 is 0 Å². The molecule has 0 bridgehead atoms. The summed E-state index contributed by atoms with van der Waals surface area (Å²) in [5.74, 6) is -2.21. The van der Waals surface area contributed by atoms with Crippen LogP contribution in [0.15, 0.2) is 23.3 Å². The molecule has 4 amide bonds. The second-order valence-electron chi connectivity index (χ2n) is 7.33. The summed E-state index contributed by atoms with van der Waals surface area (Å²) >= 11 is 0. The van der Waals surface area contributed by atoms with E-state index in [9.17, 15) is 24.3 Å². The monoisotopic (exact) mass is 430 g/mol. The van der Waals surface area contributed by atoms with E-state index in [2.05, 4.69) is 26.0 Å². The number of carbonyl (C=O) groups is 4. The molecule has 2 fully saturated rings. The van der Waals surface area contributed by atoms with Gasteiger partial charge in [0.2, 0.25) is 17.7 Å². The smallest absolute Gasteiger partial charge is 0.255 e. The first-order chi connectivity index (χ1) is 14.8. The van der Waals surface area contributed by atoms with Crippen molar-refractivity contribution in [3.63, 3.8) is 0 Å². The van der Waals surface area contributed by atoms with E-state index in [1.54, 1.807) is 0 Å². The Kier molecular flexibility index (Phi) is 6.58. The van der Waals surface area contributed by atoms with Gasteiger partial charge in [-0.1, -0.05) is 11.2 Å². The molecule has 2 aliphatic heterocycles. The number of likely N-dealkylation sites (tertiary alicyclic amines) is 1. The lowest BCUT2D eigenvalue weighted by molar-refractivity contribution is -0.135. The fraction of sp³-hybridized carbons (Fsp3) is 0.444. The number of aromatic hydroxyl groups is 1. The Morgan fingerprint density at radius 3 is 2.81 bits per heavy atom. The number of hydrogen-bond acceptors (Lipinski definition) is 7. The summed E-state index contributed by atoms with van der Waals surface area (Å²) in [6.07, 6.45) is 0.677. The van der Waals surface area contributed by atoms with Crippen molar-refractivity contribution in [2.45, 2.75) is 31.0 Å². The molecule has 13 nitrogen and oxygen atoms in total. The number of phenolic OH excluding ortho intramolecular Hbond substituents is 1. The number of phenols is 1. The normalized spacial score (nSPS) is 22.6. The van der Waals surface area contributed by atoms with Gasteiger partial charge < -0.3 is 31.7 Å². The highest BCUT2D eigenvalue weighted by Crippen LogP contribution is 2.24. The van der Waals surface area contributed by atoms with Crippen LogP contribution in [-0.4, -0.2) is 71.4 Å². The second kappa shape index (κ2) is 9.32. The van der Waals surface area contributed by atoms with Crippen LogP contribution in [0.1, 0.15) is 23.2 Å². The Morgan fingerprint density at radius 2 is 2.13 bits per heavy atom. The third-order valence-corrected chi connectivity index (χ3v) is 5.13. The zero-order chi connectivity index (χ0) is 22.5.